The molecule has 0 bridgehead atoms. The van der Waals surface area contributed by atoms with E-state index in [0.717, 1.165) is 35.0 Å². The summed E-state index contributed by atoms with van der Waals surface area (Å²) in [5.41, 5.74) is 1.58. The molecule has 2 aromatic rings. The molecule has 1 aromatic carbocycles. The van der Waals surface area contributed by atoms with Gasteiger partial charge in [0.15, 0.2) is 6.79 Å². The van der Waals surface area contributed by atoms with Crippen LogP contribution in [0.1, 0.15) is 49.1 Å². The molecule has 4 rings (SSSR count). The highest BCUT2D eigenvalue weighted by Crippen LogP contribution is 2.33. The molecule has 0 spiro atoms. The fourth-order valence-corrected chi connectivity index (χ4v) is 4.38. The second kappa shape index (κ2) is 7.74. The molecule has 7 heteroatoms. The molecular weight excluding hydrogens is 341 g/mol. The Morgan fingerprint density at radius 1 is 1.28 bits per heavy atom. The van der Waals surface area contributed by atoms with Crippen LogP contribution in [0.25, 0.3) is 0 Å². The van der Waals surface area contributed by atoms with Crippen molar-refractivity contribution in [3.8, 4) is 5.75 Å². The number of fused-ring (bicyclic) bond motifs is 1. The number of H-pyrrole nitrogens is 1. The number of benzene rings is 1. The summed E-state index contributed by atoms with van der Waals surface area (Å²) < 4.78 is 24.5. The molecule has 1 fully saturated rings. The van der Waals surface area contributed by atoms with Gasteiger partial charge in [0.05, 0.1) is 6.61 Å². The van der Waals surface area contributed by atoms with Crippen molar-refractivity contribution >= 4 is 11.8 Å². The normalized spacial score (nSPS) is 17.5. The number of rotatable bonds is 6. The Labute approximate surface area is 150 Å². The summed E-state index contributed by atoms with van der Waals surface area (Å²) >= 11 is 1.49. The zero-order chi connectivity index (χ0) is 17.1. The summed E-state index contributed by atoms with van der Waals surface area (Å²) in [5, 5.41) is 8.01. The first-order valence-corrected chi connectivity index (χ1v) is 9.82. The molecule has 2 heterocycles. The van der Waals surface area contributed by atoms with Gasteiger partial charge in [0.2, 0.25) is 5.16 Å². The maximum atomic E-state index is 13.8. The first-order chi connectivity index (χ1) is 12.3. The van der Waals surface area contributed by atoms with Crippen LogP contribution in [0.2, 0.25) is 0 Å². The lowest BCUT2D eigenvalue weighted by Crippen LogP contribution is -2.13. The molecule has 1 aliphatic carbocycles. The summed E-state index contributed by atoms with van der Waals surface area (Å²) in [4.78, 5) is 4.56. The number of nitrogens with one attached hydrogen (secondary N) is 1. The molecule has 25 heavy (non-hydrogen) atoms. The SMILES string of the molecule is Fc1cc2c(c(CSc3n[nH]c(CCC4CCCC4)n3)c1)OCOC2. The second-order valence-electron chi connectivity index (χ2n) is 6.71. The van der Waals surface area contributed by atoms with Crippen LogP contribution in [0, 0.1) is 11.7 Å². The summed E-state index contributed by atoms with van der Waals surface area (Å²) in [6.07, 6.45) is 7.58. The van der Waals surface area contributed by atoms with E-state index in [1.165, 1.54) is 56.0 Å². The van der Waals surface area contributed by atoms with Gasteiger partial charge in [-0.1, -0.05) is 37.4 Å². The van der Waals surface area contributed by atoms with Gasteiger partial charge in [-0.25, -0.2) is 9.37 Å². The number of aryl methyl sites for hydroxylation is 1. The van der Waals surface area contributed by atoms with E-state index in [1.807, 2.05) is 0 Å². The monoisotopic (exact) mass is 363 g/mol. The molecule has 0 unspecified atom stereocenters. The molecular formula is C18H22FN3O2S. The van der Waals surface area contributed by atoms with Gasteiger partial charge in [-0.05, 0) is 24.5 Å². The summed E-state index contributed by atoms with van der Waals surface area (Å²) in [6, 6.07) is 2.99. The molecule has 1 N–H and O–H groups in total. The van der Waals surface area contributed by atoms with Crippen molar-refractivity contribution in [2.75, 3.05) is 6.79 Å². The van der Waals surface area contributed by atoms with Gasteiger partial charge < -0.3 is 9.47 Å². The second-order valence-corrected chi connectivity index (χ2v) is 7.65. The lowest BCUT2D eigenvalue weighted by atomic mass is 10.0. The van der Waals surface area contributed by atoms with Crippen molar-refractivity contribution in [1.82, 2.24) is 15.2 Å². The van der Waals surface area contributed by atoms with Crippen molar-refractivity contribution in [3.05, 3.63) is 34.9 Å². The third-order valence-corrected chi connectivity index (χ3v) is 5.78. The highest BCUT2D eigenvalue weighted by molar-refractivity contribution is 7.98. The van der Waals surface area contributed by atoms with Gasteiger partial charge in [-0.3, -0.25) is 5.10 Å². The Morgan fingerprint density at radius 2 is 2.16 bits per heavy atom. The van der Waals surface area contributed by atoms with E-state index in [0.29, 0.717) is 17.5 Å². The smallest absolute Gasteiger partial charge is 0.208 e. The highest BCUT2D eigenvalue weighted by atomic mass is 32.2. The molecule has 0 saturated heterocycles. The first kappa shape index (κ1) is 16.8. The van der Waals surface area contributed by atoms with Crippen molar-refractivity contribution in [3.63, 3.8) is 0 Å². The average molecular weight is 363 g/mol. The first-order valence-electron chi connectivity index (χ1n) is 8.84. The summed E-state index contributed by atoms with van der Waals surface area (Å²) in [7, 11) is 0. The van der Waals surface area contributed by atoms with Crippen LogP contribution < -0.4 is 4.74 Å². The van der Waals surface area contributed by atoms with E-state index in [9.17, 15) is 4.39 Å². The Hall–Kier alpha value is -1.60. The third-order valence-electron chi connectivity index (χ3n) is 4.88. The van der Waals surface area contributed by atoms with Crippen LogP contribution in [0.4, 0.5) is 4.39 Å². The number of aromatic nitrogens is 3. The quantitative estimate of drug-likeness (QED) is 0.779. The average Bonchev–Trinajstić information content (AvgIpc) is 3.29. The topological polar surface area (TPSA) is 60.0 Å². The van der Waals surface area contributed by atoms with Crippen molar-refractivity contribution in [1.29, 1.82) is 0 Å². The standard InChI is InChI=1S/C18H22FN3O2S/c19-15-7-13-9-23-11-24-17(13)14(8-15)10-25-18-20-16(21-22-18)6-5-12-3-1-2-4-12/h7-8,12H,1-6,9-11H2,(H,20,21,22). The van der Waals surface area contributed by atoms with Gasteiger partial charge in [0.25, 0.3) is 0 Å². The van der Waals surface area contributed by atoms with Gasteiger partial charge in [-0.15, -0.1) is 5.10 Å². The van der Waals surface area contributed by atoms with E-state index < -0.39 is 0 Å². The minimum absolute atomic E-state index is 0.211. The Bertz CT molecular complexity index is 731. The Morgan fingerprint density at radius 3 is 3.04 bits per heavy atom. The van der Waals surface area contributed by atoms with Crippen molar-refractivity contribution in [2.45, 2.75) is 56.0 Å². The van der Waals surface area contributed by atoms with Crippen LogP contribution in [-0.2, 0) is 23.5 Å². The van der Waals surface area contributed by atoms with E-state index >= 15 is 0 Å². The maximum absolute atomic E-state index is 13.8. The van der Waals surface area contributed by atoms with E-state index in [2.05, 4.69) is 15.2 Å². The van der Waals surface area contributed by atoms with Gasteiger partial charge in [0.1, 0.15) is 17.4 Å². The van der Waals surface area contributed by atoms with Crippen LogP contribution in [0.5, 0.6) is 5.75 Å². The molecule has 0 amide bonds. The van der Waals surface area contributed by atoms with Gasteiger partial charge >= 0.3 is 0 Å². The highest BCUT2D eigenvalue weighted by Gasteiger charge is 2.18. The van der Waals surface area contributed by atoms with Gasteiger partial charge in [0, 0.05) is 23.3 Å². The molecule has 134 valence electrons. The van der Waals surface area contributed by atoms with Gasteiger partial charge in [-0.2, -0.15) is 0 Å². The van der Waals surface area contributed by atoms with Crippen LogP contribution >= 0.6 is 11.8 Å². The lowest BCUT2D eigenvalue weighted by molar-refractivity contribution is -0.0171. The predicted molar refractivity (Wildman–Crippen MR) is 92.9 cm³/mol. The molecule has 1 aromatic heterocycles. The Balaban J connectivity index is 1.36. The molecule has 1 aliphatic heterocycles. The number of ether oxygens (including phenoxy) is 2. The largest absolute Gasteiger partial charge is 0.467 e. The maximum Gasteiger partial charge on any atom is 0.208 e. The molecule has 2 aliphatic rings. The Kier molecular flexibility index (Phi) is 5.22. The number of halogens is 1. The number of nitrogens with zero attached hydrogens (tertiary/aromatic N) is 2. The molecule has 0 radical (unpaired) electrons. The van der Waals surface area contributed by atoms with Crippen LogP contribution in [0.3, 0.4) is 0 Å². The molecule has 5 nitrogen and oxygen atoms in total. The number of aromatic amines is 1. The summed E-state index contributed by atoms with van der Waals surface area (Å²) in [6.45, 7) is 0.596. The minimum Gasteiger partial charge on any atom is -0.467 e. The minimum atomic E-state index is -0.268. The number of hydrogen-bond donors (Lipinski definition) is 1. The van der Waals surface area contributed by atoms with E-state index in [1.54, 1.807) is 0 Å². The lowest BCUT2D eigenvalue weighted by Gasteiger charge is -2.20. The molecule has 1 saturated carbocycles. The zero-order valence-electron chi connectivity index (χ0n) is 14.1. The van der Waals surface area contributed by atoms with Crippen LogP contribution in [-0.4, -0.2) is 22.0 Å². The van der Waals surface area contributed by atoms with E-state index in [-0.39, 0.29) is 12.6 Å². The fraction of sp³-hybridized carbons (Fsp3) is 0.556. The number of thioether (sulfide) groups is 1. The van der Waals surface area contributed by atoms with Crippen molar-refractivity contribution < 1.29 is 13.9 Å². The summed E-state index contributed by atoms with van der Waals surface area (Å²) in [5.74, 6) is 2.83. The van der Waals surface area contributed by atoms with E-state index in [4.69, 9.17) is 9.47 Å². The van der Waals surface area contributed by atoms with Crippen molar-refractivity contribution in [2.24, 2.45) is 5.92 Å². The molecule has 0 atom stereocenters. The predicted octanol–water partition coefficient (Wildman–Crippen LogP) is 4.23. The zero-order valence-corrected chi connectivity index (χ0v) is 14.9. The van der Waals surface area contributed by atoms with Crippen LogP contribution in [0.15, 0.2) is 17.3 Å². The number of hydrogen-bond acceptors (Lipinski definition) is 5. The third kappa shape index (κ3) is 4.15. The fourth-order valence-electron chi connectivity index (χ4n) is 3.60.